The lowest BCUT2D eigenvalue weighted by Crippen LogP contribution is -2.51. The SMILES string of the molecule is CC1CCN(c2ccc(C(=O)NC3CCCNC3C)cn2)CC1.Cl.Cl. The number of carbonyl (C=O) groups excluding carboxylic acids is 1. The molecule has 25 heavy (non-hydrogen) atoms. The highest BCUT2D eigenvalue weighted by atomic mass is 35.5. The zero-order valence-corrected chi connectivity index (χ0v) is 16.7. The van der Waals surface area contributed by atoms with E-state index in [1.54, 1.807) is 6.20 Å². The van der Waals surface area contributed by atoms with Crippen molar-refractivity contribution in [2.45, 2.75) is 51.6 Å². The van der Waals surface area contributed by atoms with Crippen LogP contribution in [0.5, 0.6) is 0 Å². The van der Waals surface area contributed by atoms with Crippen molar-refractivity contribution in [3.8, 4) is 0 Å². The van der Waals surface area contributed by atoms with Crippen molar-refractivity contribution >= 4 is 36.5 Å². The standard InChI is InChI=1S/C18H28N4O.2ClH/c1-13-7-10-22(11-8-13)17-6-5-15(12-20-17)18(23)21-16-4-3-9-19-14(16)2;;/h5-6,12-14,16,19H,3-4,7-11H2,1-2H3,(H,21,23);2*1H. The first-order valence-electron chi connectivity index (χ1n) is 8.89. The van der Waals surface area contributed by atoms with Gasteiger partial charge in [-0.25, -0.2) is 4.98 Å². The van der Waals surface area contributed by atoms with E-state index in [0.29, 0.717) is 11.6 Å². The number of rotatable bonds is 3. The predicted molar refractivity (Wildman–Crippen MR) is 107 cm³/mol. The van der Waals surface area contributed by atoms with E-state index in [4.69, 9.17) is 0 Å². The summed E-state index contributed by atoms with van der Waals surface area (Å²) in [6.07, 6.45) is 6.30. The number of amides is 1. The van der Waals surface area contributed by atoms with E-state index in [1.165, 1.54) is 12.8 Å². The first-order valence-corrected chi connectivity index (χ1v) is 8.89. The summed E-state index contributed by atoms with van der Waals surface area (Å²) in [7, 11) is 0. The third-order valence-electron chi connectivity index (χ3n) is 5.20. The monoisotopic (exact) mass is 388 g/mol. The fraction of sp³-hybridized carbons (Fsp3) is 0.667. The number of piperidine rings is 2. The molecule has 1 aromatic rings. The van der Waals surface area contributed by atoms with Crippen LogP contribution in [0.1, 0.15) is 49.9 Å². The summed E-state index contributed by atoms with van der Waals surface area (Å²) in [5.74, 6) is 1.78. The molecule has 1 aromatic heterocycles. The van der Waals surface area contributed by atoms with Gasteiger partial charge in [-0.1, -0.05) is 6.92 Å². The van der Waals surface area contributed by atoms with Crippen LogP contribution in [0.2, 0.25) is 0 Å². The highest BCUT2D eigenvalue weighted by molar-refractivity contribution is 5.94. The molecule has 3 rings (SSSR count). The zero-order chi connectivity index (χ0) is 16.2. The number of nitrogens with one attached hydrogen (secondary N) is 2. The molecule has 2 fully saturated rings. The van der Waals surface area contributed by atoms with Gasteiger partial charge in [0.2, 0.25) is 0 Å². The normalized spacial score (nSPS) is 24.0. The lowest BCUT2D eigenvalue weighted by molar-refractivity contribution is 0.0919. The van der Waals surface area contributed by atoms with Crippen LogP contribution < -0.4 is 15.5 Å². The maximum absolute atomic E-state index is 12.4. The molecule has 2 saturated heterocycles. The Labute approximate surface area is 163 Å². The summed E-state index contributed by atoms with van der Waals surface area (Å²) in [5, 5.41) is 6.54. The van der Waals surface area contributed by atoms with Gasteiger partial charge < -0.3 is 15.5 Å². The first kappa shape index (κ1) is 22.0. The Morgan fingerprint density at radius 3 is 2.52 bits per heavy atom. The molecule has 0 spiro atoms. The average molecular weight is 389 g/mol. The molecule has 1 amide bonds. The molecule has 0 aromatic carbocycles. The van der Waals surface area contributed by atoms with E-state index in [9.17, 15) is 4.79 Å². The third kappa shape index (κ3) is 5.73. The number of hydrogen-bond donors (Lipinski definition) is 2. The quantitative estimate of drug-likeness (QED) is 0.835. The van der Waals surface area contributed by atoms with Gasteiger partial charge >= 0.3 is 0 Å². The Hall–Kier alpha value is -1.04. The highest BCUT2D eigenvalue weighted by Crippen LogP contribution is 2.21. The van der Waals surface area contributed by atoms with Gasteiger partial charge in [-0.05, 0) is 57.2 Å². The second kappa shape index (κ2) is 10.2. The van der Waals surface area contributed by atoms with Gasteiger partial charge in [0, 0.05) is 31.4 Å². The Bertz CT molecular complexity index is 532. The van der Waals surface area contributed by atoms with Crippen molar-refractivity contribution in [3.63, 3.8) is 0 Å². The minimum Gasteiger partial charge on any atom is -0.357 e. The molecular formula is C18H30Cl2N4O. The Morgan fingerprint density at radius 2 is 1.92 bits per heavy atom. The molecule has 2 N–H and O–H groups in total. The maximum atomic E-state index is 12.4. The maximum Gasteiger partial charge on any atom is 0.253 e. The predicted octanol–water partition coefficient (Wildman–Crippen LogP) is 3.03. The van der Waals surface area contributed by atoms with E-state index in [1.807, 2.05) is 12.1 Å². The molecule has 3 heterocycles. The molecule has 2 aliphatic heterocycles. The van der Waals surface area contributed by atoms with Gasteiger partial charge in [0.25, 0.3) is 5.91 Å². The molecular weight excluding hydrogens is 359 g/mol. The van der Waals surface area contributed by atoms with Crippen LogP contribution in [-0.2, 0) is 0 Å². The summed E-state index contributed by atoms with van der Waals surface area (Å²) in [6, 6.07) is 4.42. The number of pyridine rings is 1. The van der Waals surface area contributed by atoms with E-state index in [-0.39, 0.29) is 36.8 Å². The minimum absolute atomic E-state index is 0. The van der Waals surface area contributed by atoms with Crippen LogP contribution in [0.25, 0.3) is 0 Å². The number of nitrogens with zero attached hydrogens (tertiary/aromatic N) is 2. The van der Waals surface area contributed by atoms with Crippen molar-refractivity contribution in [1.82, 2.24) is 15.6 Å². The number of carbonyl (C=O) groups is 1. The summed E-state index contributed by atoms with van der Waals surface area (Å²) < 4.78 is 0. The molecule has 0 saturated carbocycles. The lowest BCUT2D eigenvalue weighted by atomic mass is 9.99. The summed E-state index contributed by atoms with van der Waals surface area (Å²) in [5.41, 5.74) is 0.650. The van der Waals surface area contributed by atoms with Crippen molar-refractivity contribution in [2.24, 2.45) is 5.92 Å². The lowest BCUT2D eigenvalue weighted by Gasteiger charge is -2.31. The molecule has 142 valence electrons. The third-order valence-corrected chi connectivity index (χ3v) is 5.20. The van der Waals surface area contributed by atoms with Crippen molar-refractivity contribution < 1.29 is 4.79 Å². The van der Waals surface area contributed by atoms with Crippen molar-refractivity contribution in [2.75, 3.05) is 24.5 Å². The van der Waals surface area contributed by atoms with Crippen LogP contribution in [0.4, 0.5) is 5.82 Å². The number of hydrogen-bond acceptors (Lipinski definition) is 4. The first-order chi connectivity index (χ1) is 11.1. The summed E-state index contributed by atoms with van der Waals surface area (Å²) >= 11 is 0. The fourth-order valence-electron chi connectivity index (χ4n) is 3.44. The largest absolute Gasteiger partial charge is 0.357 e. The molecule has 2 unspecified atom stereocenters. The molecule has 5 nitrogen and oxygen atoms in total. The van der Waals surface area contributed by atoms with Crippen molar-refractivity contribution in [3.05, 3.63) is 23.9 Å². The average Bonchev–Trinajstić information content (AvgIpc) is 2.58. The number of anilines is 1. The zero-order valence-electron chi connectivity index (χ0n) is 15.0. The van der Waals surface area contributed by atoms with Crippen LogP contribution >= 0.6 is 24.8 Å². The minimum atomic E-state index is -0.0168. The van der Waals surface area contributed by atoms with Gasteiger partial charge in [0.05, 0.1) is 5.56 Å². The smallest absolute Gasteiger partial charge is 0.253 e. The molecule has 0 radical (unpaired) electrons. The summed E-state index contributed by atoms with van der Waals surface area (Å²) in [4.78, 5) is 19.2. The van der Waals surface area contributed by atoms with Gasteiger partial charge in [0.1, 0.15) is 5.82 Å². The second-order valence-electron chi connectivity index (χ2n) is 7.04. The Balaban J connectivity index is 0.00000156. The Kier molecular flexibility index (Phi) is 8.97. The highest BCUT2D eigenvalue weighted by Gasteiger charge is 2.23. The fourth-order valence-corrected chi connectivity index (χ4v) is 3.44. The molecule has 2 atom stereocenters. The van der Waals surface area contributed by atoms with E-state index in [2.05, 4.69) is 34.4 Å². The van der Waals surface area contributed by atoms with Crippen LogP contribution in [0.3, 0.4) is 0 Å². The second-order valence-corrected chi connectivity index (χ2v) is 7.04. The van der Waals surface area contributed by atoms with Gasteiger partial charge in [-0.15, -0.1) is 24.8 Å². The molecule has 7 heteroatoms. The number of aromatic nitrogens is 1. The van der Waals surface area contributed by atoms with E-state index >= 15 is 0 Å². The van der Waals surface area contributed by atoms with Gasteiger partial charge in [0.15, 0.2) is 0 Å². The topological polar surface area (TPSA) is 57.3 Å². The van der Waals surface area contributed by atoms with Crippen LogP contribution in [0, 0.1) is 5.92 Å². The van der Waals surface area contributed by atoms with Crippen LogP contribution in [0.15, 0.2) is 18.3 Å². The van der Waals surface area contributed by atoms with Crippen molar-refractivity contribution in [1.29, 1.82) is 0 Å². The van der Waals surface area contributed by atoms with E-state index in [0.717, 1.165) is 44.2 Å². The van der Waals surface area contributed by atoms with Crippen LogP contribution in [-0.4, -0.2) is 42.6 Å². The summed E-state index contributed by atoms with van der Waals surface area (Å²) in [6.45, 7) is 7.59. The van der Waals surface area contributed by atoms with E-state index < -0.39 is 0 Å². The number of halogens is 2. The van der Waals surface area contributed by atoms with Gasteiger partial charge in [-0.3, -0.25) is 4.79 Å². The molecule has 2 aliphatic rings. The van der Waals surface area contributed by atoms with Gasteiger partial charge in [-0.2, -0.15) is 0 Å². The Morgan fingerprint density at radius 1 is 1.20 bits per heavy atom. The molecule has 0 aliphatic carbocycles. The molecule has 0 bridgehead atoms.